The molecule has 0 saturated carbocycles. The van der Waals surface area contributed by atoms with Crippen molar-refractivity contribution in [2.45, 2.75) is 24.5 Å². The van der Waals surface area contributed by atoms with Gasteiger partial charge in [-0.15, -0.1) is 0 Å². The second-order valence-electron chi connectivity index (χ2n) is 4.89. The molecule has 0 radical (unpaired) electrons. The summed E-state index contributed by atoms with van der Waals surface area (Å²) in [5, 5.41) is 20.3. The number of imidazole rings is 1. The van der Waals surface area contributed by atoms with Crippen LogP contribution in [0, 0.1) is 0 Å². The molecule has 4 N–H and O–H groups in total. The lowest BCUT2D eigenvalue weighted by Crippen LogP contribution is -2.32. The van der Waals surface area contributed by atoms with E-state index in [-0.39, 0.29) is 5.82 Å². The van der Waals surface area contributed by atoms with E-state index in [0.29, 0.717) is 22.7 Å². The van der Waals surface area contributed by atoms with E-state index >= 15 is 0 Å². The molecule has 2 aromatic heterocycles. The maximum Gasteiger partial charge on any atom is 0.167 e. The van der Waals surface area contributed by atoms with Crippen molar-refractivity contribution in [1.29, 1.82) is 0 Å². The Hall–Kier alpha value is -1.49. The predicted molar refractivity (Wildman–Crippen MR) is 79.0 cm³/mol. The molecular weight excluding hydrogens is 313 g/mol. The first-order valence-electron chi connectivity index (χ1n) is 6.71. The molecule has 0 amide bonds. The number of hydrogen-bond donors (Lipinski definition) is 3. The van der Waals surface area contributed by atoms with Gasteiger partial charge in [-0.05, 0) is 0 Å². The van der Waals surface area contributed by atoms with Crippen molar-refractivity contribution in [3.63, 3.8) is 0 Å². The second kappa shape index (κ2) is 6.32. The lowest BCUT2D eigenvalue weighted by atomic mass is 10.1. The number of nitrogens with zero attached hydrogens (tertiary/aromatic N) is 4. The highest BCUT2D eigenvalue weighted by atomic mass is 32.2. The minimum Gasteiger partial charge on any atom is -0.387 e. The Morgan fingerprint density at radius 1 is 1.32 bits per heavy atom. The summed E-state index contributed by atoms with van der Waals surface area (Å²) in [6, 6.07) is 0. The van der Waals surface area contributed by atoms with E-state index < -0.39 is 31.2 Å². The monoisotopic (exact) mass is 329 g/mol. The van der Waals surface area contributed by atoms with E-state index in [1.54, 1.807) is 0 Å². The molecule has 3 heterocycles. The van der Waals surface area contributed by atoms with Crippen LogP contribution in [0.25, 0.3) is 11.2 Å². The molecule has 0 aromatic carbocycles. The first-order chi connectivity index (χ1) is 10.6. The summed E-state index contributed by atoms with van der Waals surface area (Å²) in [5.41, 5.74) is 6.54. The molecule has 1 fully saturated rings. The minimum atomic E-state index is -1.13. The third-order valence-electron chi connectivity index (χ3n) is 3.50. The van der Waals surface area contributed by atoms with Crippen LogP contribution in [0.3, 0.4) is 0 Å². The highest BCUT2D eigenvalue weighted by molar-refractivity contribution is 7.99. The van der Waals surface area contributed by atoms with E-state index in [4.69, 9.17) is 10.5 Å². The van der Waals surface area contributed by atoms with Gasteiger partial charge in [0, 0.05) is 11.5 Å². The van der Waals surface area contributed by atoms with Gasteiger partial charge in [-0.2, -0.15) is 11.8 Å². The summed E-state index contributed by atoms with van der Waals surface area (Å²) in [6.07, 6.45) is -0.882. The van der Waals surface area contributed by atoms with Crippen molar-refractivity contribution in [2.75, 3.05) is 23.9 Å². The first-order valence-corrected chi connectivity index (χ1v) is 7.87. The second-order valence-corrected chi connectivity index (χ2v) is 6.04. The van der Waals surface area contributed by atoms with Crippen LogP contribution in [-0.2, 0) is 4.74 Å². The third-order valence-corrected chi connectivity index (χ3v) is 4.51. The molecule has 8 nitrogen and oxygen atoms in total. The van der Waals surface area contributed by atoms with Gasteiger partial charge in [0.05, 0.1) is 19.1 Å². The molecular formula is C12H16FN5O3S. The van der Waals surface area contributed by atoms with Gasteiger partial charge < -0.3 is 20.7 Å². The number of ether oxygens (including phenoxy) is 1. The SMILES string of the molecule is Nc1ncnc2c1ncn2C1OC(CSCCF)C(O)C1O. The summed E-state index contributed by atoms with van der Waals surface area (Å²) in [6.45, 7) is -0.443. The summed E-state index contributed by atoms with van der Waals surface area (Å²) >= 11 is 1.32. The first kappa shape index (κ1) is 15.4. The van der Waals surface area contributed by atoms with Gasteiger partial charge >= 0.3 is 0 Å². The smallest absolute Gasteiger partial charge is 0.167 e. The molecule has 0 spiro atoms. The highest BCUT2D eigenvalue weighted by Gasteiger charge is 2.44. The zero-order valence-corrected chi connectivity index (χ0v) is 12.4. The molecule has 4 atom stereocenters. The van der Waals surface area contributed by atoms with Crippen LogP contribution in [0.15, 0.2) is 12.7 Å². The lowest BCUT2D eigenvalue weighted by molar-refractivity contribution is -0.0289. The Bertz CT molecular complexity index is 657. The molecule has 1 aliphatic rings. The van der Waals surface area contributed by atoms with Crippen LogP contribution in [-0.4, -0.2) is 66.2 Å². The van der Waals surface area contributed by atoms with Gasteiger partial charge in [0.1, 0.15) is 24.1 Å². The summed E-state index contributed by atoms with van der Waals surface area (Å²) < 4.78 is 19.4. The van der Waals surface area contributed by atoms with E-state index in [0.717, 1.165) is 0 Å². The number of thioether (sulfide) groups is 1. The fourth-order valence-electron chi connectivity index (χ4n) is 2.41. The standard InChI is InChI=1S/C12H16FN5O3S/c13-1-2-22-3-6-8(19)9(20)12(21-6)18-5-17-7-10(14)15-4-16-11(7)18/h4-6,8-9,12,19-20H,1-3H2,(H2,14,15,16). The van der Waals surface area contributed by atoms with Crippen molar-refractivity contribution < 1.29 is 19.3 Å². The predicted octanol–water partition coefficient (Wildman–Crippen LogP) is -0.270. The largest absolute Gasteiger partial charge is 0.387 e. The lowest BCUT2D eigenvalue weighted by Gasteiger charge is -2.16. The van der Waals surface area contributed by atoms with Crippen LogP contribution < -0.4 is 5.73 Å². The van der Waals surface area contributed by atoms with Crippen molar-refractivity contribution >= 4 is 28.7 Å². The molecule has 1 aliphatic heterocycles. The Labute approximate surface area is 129 Å². The normalized spacial score (nSPS) is 28.5. The van der Waals surface area contributed by atoms with Gasteiger partial charge in [-0.25, -0.2) is 15.0 Å². The Morgan fingerprint density at radius 3 is 2.91 bits per heavy atom. The Kier molecular flexibility index (Phi) is 4.43. The number of aromatic nitrogens is 4. The number of anilines is 1. The molecule has 0 bridgehead atoms. The molecule has 1 saturated heterocycles. The number of halogens is 1. The van der Waals surface area contributed by atoms with Gasteiger partial charge in [-0.3, -0.25) is 8.96 Å². The molecule has 3 rings (SSSR count). The van der Waals surface area contributed by atoms with E-state index in [1.807, 2.05) is 0 Å². The number of rotatable bonds is 5. The summed E-state index contributed by atoms with van der Waals surface area (Å²) in [5.74, 6) is 0.944. The molecule has 22 heavy (non-hydrogen) atoms. The summed E-state index contributed by atoms with van der Waals surface area (Å²) in [4.78, 5) is 12.0. The van der Waals surface area contributed by atoms with Gasteiger partial charge in [-0.1, -0.05) is 0 Å². The zero-order valence-electron chi connectivity index (χ0n) is 11.5. The van der Waals surface area contributed by atoms with Crippen LogP contribution in [0.4, 0.5) is 10.2 Å². The van der Waals surface area contributed by atoms with Crippen LogP contribution >= 0.6 is 11.8 Å². The van der Waals surface area contributed by atoms with Crippen LogP contribution in [0.5, 0.6) is 0 Å². The number of aliphatic hydroxyl groups excluding tert-OH is 2. The van der Waals surface area contributed by atoms with E-state index in [1.165, 1.54) is 29.0 Å². The maximum absolute atomic E-state index is 12.1. The van der Waals surface area contributed by atoms with Crippen molar-refractivity contribution in [2.24, 2.45) is 0 Å². The average molecular weight is 329 g/mol. The number of fused-ring (bicyclic) bond motifs is 1. The topological polar surface area (TPSA) is 119 Å². The van der Waals surface area contributed by atoms with Crippen molar-refractivity contribution in [3.05, 3.63) is 12.7 Å². The third kappa shape index (κ3) is 2.62. The zero-order chi connectivity index (χ0) is 15.7. The van der Waals surface area contributed by atoms with E-state index in [9.17, 15) is 14.6 Å². The van der Waals surface area contributed by atoms with Crippen LogP contribution in [0.1, 0.15) is 6.23 Å². The molecule has 10 heteroatoms. The number of hydrogen-bond acceptors (Lipinski definition) is 8. The molecule has 2 aromatic rings. The number of alkyl halides is 1. The van der Waals surface area contributed by atoms with Gasteiger partial charge in [0.2, 0.25) is 0 Å². The summed E-state index contributed by atoms with van der Waals surface area (Å²) in [7, 11) is 0. The molecule has 4 unspecified atom stereocenters. The van der Waals surface area contributed by atoms with Crippen molar-refractivity contribution in [3.8, 4) is 0 Å². The minimum absolute atomic E-state index is 0.229. The van der Waals surface area contributed by atoms with Crippen LogP contribution in [0.2, 0.25) is 0 Å². The fraction of sp³-hybridized carbons (Fsp3) is 0.583. The number of nitrogens with two attached hydrogens (primary N) is 1. The van der Waals surface area contributed by atoms with Gasteiger partial charge in [0.15, 0.2) is 17.7 Å². The number of nitrogen functional groups attached to an aromatic ring is 1. The fourth-order valence-corrected chi connectivity index (χ4v) is 3.19. The quantitative estimate of drug-likeness (QED) is 0.641. The Balaban J connectivity index is 1.83. The average Bonchev–Trinajstić information content (AvgIpc) is 3.05. The Morgan fingerprint density at radius 2 is 2.14 bits per heavy atom. The van der Waals surface area contributed by atoms with Gasteiger partial charge in [0.25, 0.3) is 0 Å². The highest BCUT2D eigenvalue weighted by Crippen LogP contribution is 2.33. The van der Waals surface area contributed by atoms with E-state index in [2.05, 4.69) is 15.0 Å². The molecule has 120 valence electrons. The number of aliphatic hydroxyl groups is 2. The maximum atomic E-state index is 12.1. The van der Waals surface area contributed by atoms with Crippen molar-refractivity contribution in [1.82, 2.24) is 19.5 Å². The molecule has 0 aliphatic carbocycles.